The maximum atomic E-state index is 10.8. The molecule has 0 unspecified atom stereocenters. The molecule has 0 saturated carbocycles. The topological polar surface area (TPSA) is 65.2 Å². The summed E-state index contributed by atoms with van der Waals surface area (Å²) in [5.74, 6) is 0.307. The van der Waals surface area contributed by atoms with Gasteiger partial charge in [-0.15, -0.1) is 0 Å². The summed E-state index contributed by atoms with van der Waals surface area (Å²) in [6.45, 7) is 0.364. The van der Waals surface area contributed by atoms with Crippen LogP contribution in [0.2, 0.25) is 0 Å². The minimum Gasteiger partial charge on any atom is -0.487 e. The Bertz CT molecular complexity index is 495. The van der Waals surface area contributed by atoms with Gasteiger partial charge in [0.25, 0.3) is 0 Å². The molecule has 0 aliphatic carbocycles. The Labute approximate surface area is 99.1 Å². The molecule has 17 heavy (non-hydrogen) atoms. The third kappa shape index (κ3) is 3.04. The summed E-state index contributed by atoms with van der Waals surface area (Å²) in [5.41, 5.74) is 6.26. The zero-order valence-corrected chi connectivity index (χ0v) is 9.17. The van der Waals surface area contributed by atoms with Gasteiger partial charge in [-0.25, -0.2) is 0 Å². The van der Waals surface area contributed by atoms with Crippen molar-refractivity contribution >= 4 is 5.91 Å². The lowest BCUT2D eigenvalue weighted by Crippen LogP contribution is -2.11. The maximum Gasteiger partial charge on any atom is 0.250 e. The first kappa shape index (κ1) is 11.1. The van der Waals surface area contributed by atoms with E-state index < -0.39 is 5.91 Å². The molecule has 0 bridgehead atoms. The van der Waals surface area contributed by atoms with E-state index >= 15 is 0 Å². The minimum absolute atomic E-state index is 0.364. The number of carbonyl (C=O) groups excluding carboxylic acids is 1. The van der Waals surface area contributed by atoms with Crippen LogP contribution >= 0.6 is 0 Å². The molecule has 1 amide bonds. The van der Waals surface area contributed by atoms with E-state index in [0.29, 0.717) is 12.2 Å². The van der Waals surface area contributed by atoms with Crippen LogP contribution in [0.3, 0.4) is 0 Å². The van der Waals surface area contributed by atoms with Gasteiger partial charge in [-0.3, -0.25) is 9.78 Å². The van der Waals surface area contributed by atoms with Crippen molar-refractivity contribution in [1.82, 2.24) is 4.98 Å². The molecule has 0 radical (unpaired) electrons. The number of ether oxygens (including phenoxy) is 1. The number of aromatic nitrogens is 1. The first-order valence-electron chi connectivity index (χ1n) is 5.18. The van der Waals surface area contributed by atoms with Crippen LogP contribution in [-0.2, 0) is 6.61 Å². The maximum absolute atomic E-state index is 10.8. The molecule has 0 atom stereocenters. The van der Waals surface area contributed by atoms with Crippen LogP contribution in [0.25, 0.3) is 0 Å². The Morgan fingerprint density at radius 1 is 1.18 bits per heavy atom. The number of pyridine rings is 1. The van der Waals surface area contributed by atoms with Crippen molar-refractivity contribution in [1.29, 1.82) is 0 Å². The second kappa shape index (κ2) is 5.12. The van der Waals surface area contributed by atoms with E-state index in [1.165, 1.54) is 6.20 Å². The molecular formula is C13H12N2O2. The molecule has 4 heteroatoms. The van der Waals surface area contributed by atoms with Crippen molar-refractivity contribution < 1.29 is 9.53 Å². The van der Waals surface area contributed by atoms with Gasteiger partial charge >= 0.3 is 0 Å². The highest BCUT2D eigenvalue weighted by atomic mass is 16.5. The van der Waals surface area contributed by atoms with Gasteiger partial charge in [0.2, 0.25) is 5.91 Å². The van der Waals surface area contributed by atoms with E-state index in [9.17, 15) is 4.79 Å². The number of para-hydroxylation sites is 1. The number of carbonyl (C=O) groups is 1. The highest BCUT2D eigenvalue weighted by Crippen LogP contribution is 2.10. The zero-order valence-electron chi connectivity index (χ0n) is 9.17. The SMILES string of the molecule is NC(=O)c1ccc(COc2ccccc2)nc1. The van der Waals surface area contributed by atoms with Gasteiger partial charge in [0.15, 0.2) is 0 Å². The smallest absolute Gasteiger partial charge is 0.250 e. The molecule has 0 aliphatic heterocycles. The van der Waals surface area contributed by atoms with Crippen LogP contribution in [0, 0.1) is 0 Å². The first-order chi connectivity index (χ1) is 8.25. The molecule has 2 aromatic rings. The molecule has 1 aromatic heterocycles. The standard InChI is InChI=1S/C13H12N2O2/c14-13(16)10-6-7-11(15-8-10)9-17-12-4-2-1-3-5-12/h1-8H,9H2,(H2,14,16). The van der Waals surface area contributed by atoms with Gasteiger partial charge < -0.3 is 10.5 Å². The molecule has 0 aliphatic rings. The third-order valence-electron chi connectivity index (χ3n) is 2.24. The van der Waals surface area contributed by atoms with E-state index in [2.05, 4.69) is 4.98 Å². The van der Waals surface area contributed by atoms with E-state index in [1.807, 2.05) is 30.3 Å². The van der Waals surface area contributed by atoms with Crippen molar-refractivity contribution in [3.8, 4) is 5.75 Å². The van der Waals surface area contributed by atoms with Crippen LogP contribution in [0.15, 0.2) is 48.7 Å². The van der Waals surface area contributed by atoms with Gasteiger partial charge in [-0.05, 0) is 24.3 Å². The highest BCUT2D eigenvalue weighted by molar-refractivity contribution is 5.92. The van der Waals surface area contributed by atoms with Crippen molar-refractivity contribution in [2.45, 2.75) is 6.61 Å². The monoisotopic (exact) mass is 228 g/mol. The second-order valence-electron chi connectivity index (χ2n) is 3.50. The van der Waals surface area contributed by atoms with Gasteiger partial charge in [-0.2, -0.15) is 0 Å². The Kier molecular flexibility index (Phi) is 3.35. The fourth-order valence-electron chi connectivity index (χ4n) is 1.33. The largest absolute Gasteiger partial charge is 0.487 e. The number of benzene rings is 1. The van der Waals surface area contributed by atoms with Crippen LogP contribution in [0.4, 0.5) is 0 Å². The normalized spacial score (nSPS) is 9.88. The molecule has 2 rings (SSSR count). The quantitative estimate of drug-likeness (QED) is 0.867. The fraction of sp³-hybridized carbons (Fsp3) is 0.0769. The molecule has 86 valence electrons. The van der Waals surface area contributed by atoms with Gasteiger partial charge in [0.05, 0.1) is 11.3 Å². The van der Waals surface area contributed by atoms with E-state index in [4.69, 9.17) is 10.5 Å². The van der Waals surface area contributed by atoms with Crippen LogP contribution < -0.4 is 10.5 Å². The fourth-order valence-corrected chi connectivity index (χ4v) is 1.33. The number of nitrogens with two attached hydrogens (primary N) is 1. The minimum atomic E-state index is -0.479. The lowest BCUT2D eigenvalue weighted by Gasteiger charge is -2.05. The summed E-state index contributed by atoms with van der Waals surface area (Å²) >= 11 is 0. The molecule has 1 heterocycles. The first-order valence-corrected chi connectivity index (χ1v) is 5.18. The van der Waals surface area contributed by atoms with Crippen LogP contribution in [0.1, 0.15) is 16.1 Å². The molecule has 1 aromatic carbocycles. The Morgan fingerprint density at radius 3 is 2.53 bits per heavy atom. The predicted octanol–water partition coefficient (Wildman–Crippen LogP) is 1.76. The molecule has 4 nitrogen and oxygen atoms in total. The number of rotatable bonds is 4. The zero-order chi connectivity index (χ0) is 12.1. The molecular weight excluding hydrogens is 216 g/mol. The Morgan fingerprint density at radius 2 is 1.94 bits per heavy atom. The van der Waals surface area contributed by atoms with Crippen molar-refractivity contribution in [2.75, 3.05) is 0 Å². The predicted molar refractivity (Wildman–Crippen MR) is 63.5 cm³/mol. The van der Waals surface area contributed by atoms with Gasteiger partial charge in [0, 0.05) is 6.20 Å². The lowest BCUT2D eigenvalue weighted by molar-refractivity contribution is 0.1000. The van der Waals surface area contributed by atoms with Gasteiger partial charge in [0.1, 0.15) is 12.4 Å². The van der Waals surface area contributed by atoms with E-state index in [0.717, 1.165) is 11.4 Å². The second-order valence-corrected chi connectivity index (χ2v) is 3.50. The van der Waals surface area contributed by atoms with Crippen molar-refractivity contribution in [2.24, 2.45) is 5.73 Å². The summed E-state index contributed by atoms with van der Waals surface area (Å²) < 4.78 is 5.51. The summed E-state index contributed by atoms with van der Waals surface area (Å²) in [7, 11) is 0. The Balaban J connectivity index is 1.98. The summed E-state index contributed by atoms with van der Waals surface area (Å²) in [5, 5.41) is 0. The van der Waals surface area contributed by atoms with Crippen molar-refractivity contribution in [3.05, 3.63) is 59.9 Å². The van der Waals surface area contributed by atoms with Crippen LogP contribution in [-0.4, -0.2) is 10.9 Å². The number of primary amides is 1. The number of amides is 1. The van der Waals surface area contributed by atoms with Crippen LogP contribution in [0.5, 0.6) is 5.75 Å². The highest BCUT2D eigenvalue weighted by Gasteiger charge is 2.01. The van der Waals surface area contributed by atoms with Crippen molar-refractivity contribution in [3.63, 3.8) is 0 Å². The summed E-state index contributed by atoms with van der Waals surface area (Å²) in [6.07, 6.45) is 1.45. The molecule has 0 fully saturated rings. The lowest BCUT2D eigenvalue weighted by atomic mass is 10.2. The third-order valence-corrected chi connectivity index (χ3v) is 2.24. The average Bonchev–Trinajstić information content (AvgIpc) is 2.38. The summed E-state index contributed by atoms with van der Waals surface area (Å²) in [6, 6.07) is 12.8. The Hall–Kier alpha value is -2.36. The molecule has 2 N–H and O–H groups in total. The number of nitrogens with zero attached hydrogens (tertiary/aromatic N) is 1. The molecule has 0 saturated heterocycles. The number of hydrogen-bond donors (Lipinski definition) is 1. The summed E-state index contributed by atoms with van der Waals surface area (Å²) in [4.78, 5) is 14.9. The number of hydrogen-bond acceptors (Lipinski definition) is 3. The van der Waals surface area contributed by atoms with E-state index in [1.54, 1.807) is 12.1 Å². The van der Waals surface area contributed by atoms with Gasteiger partial charge in [-0.1, -0.05) is 18.2 Å². The molecule has 0 spiro atoms. The average molecular weight is 228 g/mol. The van der Waals surface area contributed by atoms with E-state index in [-0.39, 0.29) is 0 Å².